The lowest BCUT2D eigenvalue weighted by Crippen LogP contribution is -2.48. The number of carbonyl (C=O) groups is 4. The highest BCUT2D eigenvalue weighted by Crippen LogP contribution is 2.21. The van der Waals surface area contributed by atoms with Crippen LogP contribution in [0.1, 0.15) is 31.8 Å². The summed E-state index contributed by atoms with van der Waals surface area (Å²) >= 11 is 0. The zero-order valence-corrected chi connectivity index (χ0v) is 22.8. The van der Waals surface area contributed by atoms with Crippen molar-refractivity contribution in [3.05, 3.63) is 125 Å². The van der Waals surface area contributed by atoms with E-state index in [9.17, 15) is 24.3 Å². The molecule has 0 fully saturated rings. The monoisotopic (exact) mass is 565 g/mol. The van der Waals surface area contributed by atoms with Gasteiger partial charge in [0.1, 0.15) is 0 Å². The Hall–Kier alpha value is -5.64. The average molecular weight is 566 g/mol. The summed E-state index contributed by atoms with van der Waals surface area (Å²) in [5.74, 6) is -4.66. The molecule has 0 aliphatic heterocycles. The number of rotatable bonds is 10. The van der Waals surface area contributed by atoms with E-state index in [2.05, 4.69) is 15.5 Å². The lowest BCUT2D eigenvalue weighted by molar-refractivity contribution is -0.157. The third-order valence-electron chi connectivity index (χ3n) is 5.99. The number of anilines is 1. The van der Waals surface area contributed by atoms with Gasteiger partial charge in [-0.2, -0.15) is 10.2 Å². The van der Waals surface area contributed by atoms with E-state index in [4.69, 9.17) is 9.47 Å². The molecule has 4 rings (SSSR count). The second-order valence-corrected chi connectivity index (χ2v) is 9.29. The fraction of sp³-hybridized carbons (Fsp3) is 0.125. The first-order valence-electron chi connectivity index (χ1n) is 12.9. The Morgan fingerprint density at radius 1 is 0.619 bits per heavy atom. The molecule has 2 atom stereocenters. The number of esters is 2. The van der Waals surface area contributed by atoms with E-state index >= 15 is 0 Å². The van der Waals surface area contributed by atoms with E-state index in [-0.39, 0.29) is 16.8 Å². The van der Waals surface area contributed by atoms with Crippen molar-refractivity contribution in [1.82, 2.24) is 0 Å². The van der Waals surface area contributed by atoms with E-state index in [0.29, 0.717) is 11.4 Å². The summed E-state index contributed by atoms with van der Waals surface area (Å²) in [4.78, 5) is 51.3. The highest BCUT2D eigenvalue weighted by atomic mass is 16.6. The fourth-order valence-corrected chi connectivity index (χ4v) is 3.68. The number of ether oxygens (including phenoxy) is 2. The van der Waals surface area contributed by atoms with Gasteiger partial charge in [-0.25, -0.2) is 14.4 Å². The van der Waals surface area contributed by atoms with E-state index in [0.717, 1.165) is 11.1 Å². The van der Waals surface area contributed by atoms with Crippen molar-refractivity contribution in [2.24, 2.45) is 10.2 Å². The normalized spacial score (nSPS) is 12.2. The SMILES string of the molecule is Cc1ccc(C(=O)O[C@H](C(=O)O)[C@H](OC(=O)c2ccc(C)cc2)C(=O)Nc2ccc(N=Nc3ccccc3)cc2)cc1. The molecule has 0 aromatic heterocycles. The predicted octanol–water partition coefficient (Wildman–Crippen LogP) is 6.19. The van der Waals surface area contributed by atoms with E-state index in [1.54, 1.807) is 48.5 Å². The minimum Gasteiger partial charge on any atom is -0.478 e. The van der Waals surface area contributed by atoms with E-state index < -0.39 is 36.0 Å². The van der Waals surface area contributed by atoms with Gasteiger partial charge < -0.3 is 19.9 Å². The summed E-state index contributed by atoms with van der Waals surface area (Å²) < 4.78 is 10.6. The first-order chi connectivity index (χ1) is 20.2. The van der Waals surface area contributed by atoms with Crippen molar-refractivity contribution in [3.8, 4) is 0 Å². The minimum atomic E-state index is -2.15. The molecule has 212 valence electrons. The molecule has 0 bridgehead atoms. The van der Waals surface area contributed by atoms with Gasteiger partial charge in [-0.05, 0) is 74.5 Å². The highest BCUT2D eigenvalue weighted by molar-refractivity contribution is 6.01. The Labute approximate surface area is 241 Å². The molecule has 2 N–H and O–H groups in total. The van der Waals surface area contributed by atoms with Crippen molar-refractivity contribution < 1.29 is 33.8 Å². The van der Waals surface area contributed by atoms with Gasteiger partial charge in [0.05, 0.1) is 22.5 Å². The highest BCUT2D eigenvalue weighted by Gasteiger charge is 2.41. The topological polar surface area (TPSA) is 144 Å². The molecule has 4 aromatic carbocycles. The maximum absolute atomic E-state index is 13.4. The number of nitrogens with one attached hydrogen (secondary N) is 1. The number of hydrogen-bond acceptors (Lipinski definition) is 8. The quantitative estimate of drug-likeness (QED) is 0.172. The number of hydrogen-bond donors (Lipinski definition) is 2. The molecule has 0 saturated heterocycles. The van der Waals surface area contributed by atoms with Crippen LogP contribution in [0.25, 0.3) is 0 Å². The molecule has 10 heteroatoms. The third kappa shape index (κ3) is 7.95. The number of carbonyl (C=O) groups excluding carboxylic acids is 3. The summed E-state index contributed by atoms with van der Waals surface area (Å²) in [6.45, 7) is 3.64. The zero-order chi connectivity index (χ0) is 30.1. The second-order valence-electron chi connectivity index (χ2n) is 9.29. The van der Waals surface area contributed by atoms with Gasteiger partial charge in [0.15, 0.2) is 0 Å². The Morgan fingerprint density at radius 2 is 1.07 bits per heavy atom. The second kappa shape index (κ2) is 13.6. The molecule has 10 nitrogen and oxygen atoms in total. The van der Waals surface area contributed by atoms with Crippen LogP contribution in [0.5, 0.6) is 0 Å². The number of carboxylic acids is 1. The van der Waals surface area contributed by atoms with Gasteiger partial charge in [-0.1, -0.05) is 53.6 Å². The van der Waals surface area contributed by atoms with Crippen molar-refractivity contribution in [2.75, 3.05) is 5.32 Å². The molecule has 42 heavy (non-hydrogen) atoms. The van der Waals surface area contributed by atoms with Gasteiger partial charge in [-0.15, -0.1) is 0 Å². The maximum atomic E-state index is 13.4. The number of aryl methyl sites for hydroxylation is 2. The van der Waals surface area contributed by atoms with Crippen molar-refractivity contribution in [3.63, 3.8) is 0 Å². The van der Waals surface area contributed by atoms with Crippen molar-refractivity contribution in [2.45, 2.75) is 26.1 Å². The Bertz CT molecular complexity index is 1580. The molecule has 0 heterocycles. The molecule has 4 aromatic rings. The number of azo groups is 1. The van der Waals surface area contributed by atoms with E-state index in [1.807, 2.05) is 32.0 Å². The maximum Gasteiger partial charge on any atom is 0.349 e. The lowest BCUT2D eigenvalue weighted by atomic mass is 10.1. The fourth-order valence-electron chi connectivity index (χ4n) is 3.68. The van der Waals surface area contributed by atoms with Gasteiger partial charge in [0.25, 0.3) is 5.91 Å². The third-order valence-corrected chi connectivity index (χ3v) is 5.99. The zero-order valence-electron chi connectivity index (χ0n) is 22.8. The predicted molar refractivity (Wildman–Crippen MR) is 154 cm³/mol. The summed E-state index contributed by atoms with van der Waals surface area (Å²) in [5, 5.41) is 20.7. The molecule has 0 saturated carbocycles. The molecule has 0 unspecified atom stereocenters. The summed E-state index contributed by atoms with van der Waals surface area (Å²) in [6.07, 6.45) is -4.17. The van der Waals surface area contributed by atoms with Gasteiger partial charge in [-0.3, -0.25) is 4.79 Å². The molecule has 0 aliphatic carbocycles. The summed E-state index contributed by atoms with van der Waals surface area (Å²) in [5.41, 5.74) is 3.31. The minimum absolute atomic E-state index is 0.0659. The van der Waals surface area contributed by atoms with Crippen LogP contribution in [0, 0.1) is 13.8 Å². The van der Waals surface area contributed by atoms with Crippen LogP contribution < -0.4 is 5.32 Å². The molecular weight excluding hydrogens is 538 g/mol. The smallest absolute Gasteiger partial charge is 0.349 e. The molecule has 0 spiro atoms. The number of benzene rings is 4. The van der Waals surface area contributed by atoms with Crippen molar-refractivity contribution in [1.29, 1.82) is 0 Å². The Balaban J connectivity index is 1.56. The van der Waals surface area contributed by atoms with Crippen molar-refractivity contribution >= 4 is 40.9 Å². The first kappa shape index (κ1) is 29.3. The van der Waals surface area contributed by atoms with Crippen LogP contribution in [0.4, 0.5) is 17.1 Å². The lowest BCUT2D eigenvalue weighted by Gasteiger charge is -2.23. The van der Waals surface area contributed by atoms with Crippen LogP contribution in [0.2, 0.25) is 0 Å². The first-order valence-corrected chi connectivity index (χ1v) is 12.9. The Kier molecular flexibility index (Phi) is 9.52. The average Bonchev–Trinajstić information content (AvgIpc) is 2.99. The summed E-state index contributed by atoms with van der Waals surface area (Å²) in [6, 6.07) is 27.8. The standard InChI is InChI=1S/C32H27N3O7/c1-20-8-12-22(13-9-20)31(39)41-27(28(30(37)38)42-32(40)23-14-10-21(2)11-15-23)29(36)33-24-16-18-26(19-17-24)35-34-25-6-4-3-5-7-25/h3-19,27-28H,1-2H3,(H,33,36)(H,37,38)/t27-,28-/m0/s1. The number of amides is 1. The van der Waals surface area contributed by atoms with Crippen LogP contribution in [-0.4, -0.2) is 41.1 Å². The molecule has 0 radical (unpaired) electrons. The van der Waals surface area contributed by atoms with Crippen LogP contribution in [-0.2, 0) is 19.1 Å². The number of aliphatic carboxylic acids is 1. The largest absolute Gasteiger partial charge is 0.478 e. The number of nitrogens with zero attached hydrogens (tertiary/aromatic N) is 2. The summed E-state index contributed by atoms with van der Waals surface area (Å²) in [7, 11) is 0. The van der Waals surface area contributed by atoms with Gasteiger partial charge >= 0.3 is 17.9 Å². The van der Waals surface area contributed by atoms with Crippen LogP contribution in [0.3, 0.4) is 0 Å². The van der Waals surface area contributed by atoms with E-state index in [1.165, 1.54) is 36.4 Å². The van der Waals surface area contributed by atoms with Gasteiger partial charge in [0.2, 0.25) is 12.2 Å². The molecular formula is C32H27N3O7. The van der Waals surface area contributed by atoms with Gasteiger partial charge in [0, 0.05) is 5.69 Å². The van der Waals surface area contributed by atoms with Crippen LogP contribution in [0.15, 0.2) is 113 Å². The van der Waals surface area contributed by atoms with Crippen LogP contribution >= 0.6 is 0 Å². The number of carboxylic acid groups (broad SMARTS) is 1. The molecule has 0 aliphatic rings. The Morgan fingerprint density at radius 3 is 1.55 bits per heavy atom. The molecule has 1 amide bonds.